The number of hydrogen-bond acceptors (Lipinski definition) is 5. The number of hydrogen-bond donors (Lipinski definition) is 2. The van der Waals surface area contributed by atoms with Gasteiger partial charge in [-0.25, -0.2) is 13.8 Å². The summed E-state index contributed by atoms with van der Waals surface area (Å²) in [7, 11) is 0. The van der Waals surface area contributed by atoms with E-state index >= 15 is 0 Å². The van der Waals surface area contributed by atoms with Crippen molar-refractivity contribution in [3.05, 3.63) is 90.9 Å². The van der Waals surface area contributed by atoms with E-state index in [0.717, 1.165) is 59.1 Å². The van der Waals surface area contributed by atoms with E-state index in [-0.39, 0.29) is 23.5 Å². The molecule has 0 aliphatic carbocycles. The van der Waals surface area contributed by atoms with Crippen molar-refractivity contribution in [1.29, 1.82) is 0 Å². The van der Waals surface area contributed by atoms with Gasteiger partial charge in [0, 0.05) is 53.1 Å². The van der Waals surface area contributed by atoms with Crippen molar-refractivity contribution in [2.24, 2.45) is 5.92 Å². The Hall–Kier alpha value is -4.50. The van der Waals surface area contributed by atoms with Gasteiger partial charge in [0.05, 0.1) is 12.2 Å². The Morgan fingerprint density at radius 2 is 1.50 bits per heavy atom. The van der Waals surface area contributed by atoms with Crippen molar-refractivity contribution in [2.75, 3.05) is 19.6 Å². The van der Waals surface area contributed by atoms with Crippen LogP contribution in [0.3, 0.4) is 0 Å². The van der Waals surface area contributed by atoms with Crippen LogP contribution in [0.25, 0.3) is 44.5 Å². The van der Waals surface area contributed by atoms with Crippen molar-refractivity contribution >= 4 is 16.9 Å². The molecule has 9 heteroatoms. The lowest BCUT2D eigenvalue weighted by molar-refractivity contribution is -0.125. The molecular weight excluding hydrogens is 510 g/mol. The van der Waals surface area contributed by atoms with Gasteiger partial charge in [0.15, 0.2) is 5.65 Å². The Balaban J connectivity index is 1.45. The van der Waals surface area contributed by atoms with Crippen LogP contribution < -0.4 is 10.6 Å². The summed E-state index contributed by atoms with van der Waals surface area (Å²) >= 11 is 0. The molecule has 40 heavy (non-hydrogen) atoms. The molecule has 202 valence electrons. The van der Waals surface area contributed by atoms with E-state index in [1.807, 2.05) is 18.3 Å². The van der Waals surface area contributed by atoms with Crippen molar-refractivity contribution < 1.29 is 13.6 Å². The number of amides is 1. The first-order valence-electron chi connectivity index (χ1n) is 13.4. The van der Waals surface area contributed by atoms with Crippen LogP contribution in [0.5, 0.6) is 0 Å². The zero-order valence-corrected chi connectivity index (χ0v) is 21.8. The smallest absolute Gasteiger partial charge is 0.223 e. The molecule has 5 aromatic rings. The van der Waals surface area contributed by atoms with Crippen molar-refractivity contribution in [2.45, 2.75) is 19.4 Å². The Kier molecular flexibility index (Phi) is 7.29. The Morgan fingerprint density at radius 3 is 2.17 bits per heavy atom. The molecule has 6 rings (SSSR count). The zero-order valence-electron chi connectivity index (χ0n) is 21.8. The van der Waals surface area contributed by atoms with Crippen molar-refractivity contribution in [3.63, 3.8) is 0 Å². The number of nitrogens with one attached hydrogen (secondary N) is 2. The number of rotatable bonds is 7. The highest BCUT2D eigenvalue weighted by Crippen LogP contribution is 2.42. The van der Waals surface area contributed by atoms with Gasteiger partial charge in [-0.3, -0.25) is 14.5 Å². The Morgan fingerprint density at radius 1 is 0.875 bits per heavy atom. The second-order valence-electron chi connectivity index (χ2n) is 9.90. The second-order valence-corrected chi connectivity index (χ2v) is 9.90. The first-order chi connectivity index (χ1) is 19.6. The molecule has 3 aromatic heterocycles. The van der Waals surface area contributed by atoms with Gasteiger partial charge in [-0.15, -0.1) is 0 Å². The number of aromatic nitrogens is 4. The lowest BCUT2D eigenvalue weighted by Crippen LogP contribution is -2.39. The number of piperidine rings is 1. The third-order valence-electron chi connectivity index (χ3n) is 7.29. The third-order valence-corrected chi connectivity index (χ3v) is 7.29. The number of benzene rings is 2. The first-order valence-corrected chi connectivity index (χ1v) is 13.4. The molecule has 1 amide bonds. The van der Waals surface area contributed by atoms with Gasteiger partial charge in [0.2, 0.25) is 5.91 Å². The van der Waals surface area contributed by atoms with Crippen molar-refractivity contribution in [3.8, 4) is 33.5 Å². The summed E-state index contributed by atoms with van der Waals surface area (Å²) in [5.41, 5.74) is 5.16. The SMILES string of the molecule is O=C(NCCn1cc2c(-c3ccc(F)cc3)c(-c3ccncc3)c(-c3ccc(F)cc3)nc2n1)C1CCNCC1. The monoisotopic (exact) mass is 538 g/mol. The lowest BCUT2D eigenvalue weighted by atomic mass is 9.90. The maximum absolute atomic E-state index is 14.0. The van der Waals surface area contributed by atoms with E-state index in [4.69, 9.17) is 10.1 Å². The fraction of sp³-hybridized carbons (Fsp3) is 0.226. The van der Waals surface area contributed by atoms with E-state index < -0.39 is 0 Å². The van der Waals surface area contributed by atoms with Crippen LogP contribution in [-0.4, -0.2) is 45.3 Å². The van der Waals surface area contributed by atoms with Crippen LogP contribution in [0.1, 0.15) is 12.8 Å². The summed E-state index contributed by atoms with van der Waals surface area (Å²) < 4.78 is 29.6. The number of fused-ring (bicyclic) bond motifs is 1. The predicted octanol–water partition coefficient (Wildman–Crippen LogP) is 5.22. The summed E-state index contributed by atoms with van der Waals surface area (Å²) in [5, 5.41) is 11.9. The standard InChI is InChI=1S/C31H28F2N6O/c32-24-5-1-20(2-6-24)27-26-19-39(18-17-36-31(40)23-11-15-35-16-12-23)38-30(26)37-29(22-3-7-25(33)8-4-22)28(27)21-9-13-34-14-10-21/h1-10,13-14,19,23,35H,11-12,15-18H2,(H,36,40). The van der Waals surface area contributed by atoms with E-state index in [1.165, 1.54) is 24.3 Å². The number of carbonyl (C=O) groups is 1. The zero-order chi connectivity index (χ0) is 27.5. The molecule has 0 unspecified atom stereocenters. The molecule has 0 radical (unpaired) electrons. The first kappa shape index (κ1) is 25.8. The van der Waals surface area contributed by atoms with Gasteiger partial charge in [0.1, 0.15) is 11.6 Å². The van der Waals surface area contributed by atoms with E-state index in [0.29, 0.717) is 24.4 Å². The molecule has 4 heterocycles. The van der Waals surface area contributed by atoms with Crippen LogP contribution in [0.4, 0.5) is 8.78 Å². The molecule has 0 atom stereocenters. The van der Waals surface area contributed by atoms with Gasteiger partial charge in [-0.2, -0.15) is 5.10 Å². The molecule has 7 nitrogen and oxygen atoms in total. The molecule has 1 saturated heterocycles. The predicted molar refractivity (Wildman–Crippen MR) is 150 cm³/mol. The van der Waals surface area contributed by atoms with Gasteiger partial charge in [-0.05, 0) is 85.6 Å². The normalized spacial score (nSPS) is 13.9. The lowest BCUT2D eigenvalue weighted by Gasteiger charge is -2.21. The Bertz CT molecular complexity index is 1630. The minimum absolute atomic E-state index is 0.0332. The minimum atomic E-state index is -0.343. The minimum Gasteiger partial charge on any atom is -0.354 e. The summed E-state index contributed by atoms with van der Waals surface area (Å²) in [6, 6.07) is 16.3. The maximum Gasteiger partial charge on any atom is 0.223 e. The fourth-order valence-corrected chi connectivity index (χ4v) is 5.25. The summed E-state index contributed by atoms with van der Waals surface area (Å²) in [5.74, 6) is -0.573. The maximum atomic E-state index is 14.0. The number of halogens is 2. The molecule has 2 N–H and O–H groups in total. The largest absolute Gasteiger partial charge is 0.354 e. The second kappa shape index (κ2) is 11.3. The Labute approximate surface area is 230 Å². The van der Waals surface area contributed by atoms with Gasteiger partial charge in [-0.1, -0.05) is 12.1 Å². The highest BCUT2D eigenvalue weighted by molar-refractivity contribution is 6.05. The summed E-state index contributed by atoms with van der Waals surface area (Å²) in [6.45, 7) is 2.62. The van der Waals surface area contributed by atoms with Crippen molar-refractivity contribution in [1.82, 2.24) is 30.4 Å². The molecule has 0 spiro atoms. The third kappa shape index (κ3) is 5.33. The topological polar surface area (TPSA) is 84.7 Å². The number of carbonyl (C=O) groups excluding carboxylic acids is 1. The highest BCUT2D eigenvalue weighted by atomic mass is 19.1. The summed E-state index contributed by atoms with van der Waals surface area (Å²) in [6.07, 6.45) is 7.00. The molecule has 0 saturated carbocycles. The van der Waals surface area contributed by atoms with Crippen LogP contribution in [0.2, 0.25) is 0 Å². The number of pyridine rings is 2. The van der Waals surface area contributed by atoms with E-state index in [9.17, 15) is 13.6 Å². The molecule has 2 aromatic carbocycles. The summed E-state index contributed by atoms with van der Waals surface area (Å²) in [4.78, 5) is 21.7. The molecular formula is C31H28F2N6O. The van der Waals surface area contributed by atoms with Crippen LogP contribution in [0.15, 0.2) is 79.3 Å². The van der Waals surface area contributed by atoms with E-state index in [2.05, 4.69) is 15.6 Å². The van der Waals surface area contributed by atoms with Gasteiger partial charge in [0.25, 0.3) is 0 Å². The van der Waals surface area contributed by atoms with Gasteiger partial charge < -0.3 is 10.6 Å². The van der Waals surface area contributed by atoms with Crippen LogP contribution >= 0.6 is 0 Å². The van der Waals surface area contributed by atoms with Crippen LogP contribution in [-0.2, 0) is 11.3 Å². The number of nitrogens with zero attached hydrogens (tertiary/aromatic N) is 4. The molecule has 0 bridgehead atoms. The average Bonchev–Trinajstić information content (AvgIpc) is 3.40. The van der Waals surface area contributed by atoms with E-state index in [1.54, 1.807) is 41.3 Å². The molecule has 1 aliphatic rings. The fourth-order valence-electron chi connectivity index (χ4n) is 5.25. The quantitative estimate of drug-likeness (QED) is 0.297. The van der Waals surface area contributed by atoms with Gasteiger partial charge >= 0.3 is 0 Å². The molecule has 1 aliphatic heterocycles. The highest BCUT2D eigenvalue weighted by Gasteiger charge is 2.23. The van der Waals surface area contributed by atoms with Crippen LogP contribution in [0, 0.1) is 17.6 Å². The average molecular weight is 539 g/mol. The molecule has 1 fully saturated rings.